The van der Waals surface area contributed by atoms with Gasteiger partial charge in [-0.3, -0.25) is 9.78 Å². The molecule has 0 aliphatic heterocycles. The largest absolute Gasteiger partial charge is 0.357 e. The van der Waals surface area contributed by atoms with Gasteiger partial charge in [0.25, 0.3) is 0 Å². The molecule has 0 aliphatic carbocycles. The molecule has 0 spiro atoms. The van der Waals surface area contributed by atoms with E-state index in [1.165, 1.54) is 4.88 Å². The minimum absolute atomic E-state index is 0. The van der Waals surface area contributed by atoms with E-state index in [2.05, 4.69) is 50.4 Å². The van der Waals surface area contributed by atoms with Crippen LogP contribution in [-0.2, 0) is 4.79 Å². The molecule has 0 fully saturated rings. The molecule has 0 aliphatic rings. The van der Waals surface area contributed by atoms with Crippen LogP contribution in [0.2, 0.25) is 0 Å². The number of hydrogen-bond donors (Lipinski definition) is 3. The maximum atomic E-state index is 11.9. The SMILES string of the molecule is CCNC(=NCC(=O)Nc1cccnc1)NCC(C)c1cccs1.I. The van der Waals surface area contributed by atoms with Gasteiger partial charge in [0.15, 0.2) is 5.96 Å². The highest BCUT2D eigenvalue weighted by molar-refractivity contribution is 14.0. The predicted molar refractivity (Wildman–Crippen MR) is 115 cm³/mol. The molecule has 2 heterocycles. The zero-order valence-corrected chi connectivity index (χ0v) is 17.5. The van der Waals surface area contributed by atoms with E-state index in [1.807, 2.05) is 6.92 Å². The highest BCUT2D eigenvalue weighted by Crippen LogP contribution is 2.19. The van der Waals surface area contributed by atoms with Gasteiger partial charge in [0.05, 0.1) is 11.9 Å². The summed E-state index contributed by atoms with van der Waals surface area (Å²) in [6.45, 7) is 5.71. The van der Waals surface area contributed by atoms with Crippen LogP contribution < -0.4 is 16.0 Å². The Labute approximate surface area is 169 Å². The van der Waals surface area contributed by atoms with Crippen LogP contribution in [0.3, 0.4) is 0 Å². The molecule has 8 heteroatoms. The van der Waals surface area contributed by atoms with Gasteiger partial charge in [-0.15, -0.1) is 35.3 Å². The van der Waals surface area contributed by atoms with Crippen molar-refractivity contribution in [3.63, 3.8) is 0 Å². The van der Waals surface area contributed by atoms with Gasteiger partial charge in [-0.1, -0.05) is 13.0 Å². The molecule has 1 unspecified atom stereocenters. The number of thiophene rings is 1. The van der Waals surface area contributed by atoms with Gasteiger partial charge in [-0.2, -0.15) is 0 Å². The highest BCUT2D eigenvalue weighted by Gasteiger charge is 2.08. The van der Waals surface area contributed by atoms with E-state index in [-0.39, 0.29) is 36.4 Å². The van der Waals surface area contributed by atoms with Crippen LogP contribution in [0.25, 0.3) is 0 Å². The summed E-state index contributed by atoms with van der Waals surface area (Å²) in [5.41, 5.74) is 0.668. The maximum absolute atomic E-state index is 11.9. The van der Waals surface area contributed by atoms with Crippen molar-refractivity contribution < 1.29 is 4.79 Å². The van der Waals surface area contributed by atoms with E-state index in [0.717, 1.165) is 13.1 Å². The minimum Gasteiger partial charge on any atom is -0.357 e. The third-order valence-electron chi connectivity index (χ3n) is 3.27. The van der Waals surface area contributed by atoms with Crippen LogP contribution in [-0.4, -0.2) is 36.5 Å². The molecule has 0 aromatic carbocycles. The molecule has 0 bridgehead atoms. The Kier molecular flexibility index (Phi) is 10.1. The number of pyridine rings is 1. The molecular weight excluding hydrogens is 449 g/mol. The first kappa shape index (κ1) is 21.4. The lowest BCUT2D eigenvalue weighted by Gasteiger charge is -2.15. The molecule has 6 nitrogen and oxygen atoms in total. The molecule has 1 amide bonds. The summed E-state index contributed by atoms with van der Waals surface area (Å²) < 4.78 is 0. The lowest BCUT2D eigenvalue weighted by molar-refractivity contribution is -0.114. The molecule has 136 valence electrons. The number of halogens is 1. The van der Waals surface area contributed by atoms with Gasteiger partial charge < -0.3 is 16.0 Å². The fourth-order valence-electron chi connectivity index (χ4n) is 2.05. The molecular formula is C17H24IN5OS. The Bertz CT molecular complexity index is 648. The second kappa shape index (κ2) is 11.8. The number of anilines is 1. The van der Waals surface area contributed by atoms with E-state index in [4.69, 9.17) is 0 Å². The van der Waals surface area contributed by atoms with Crippen molar-refractivity contribution in [1.82, 2.24) is 15.6 Å². The number of aromatic nitrogens is 1. The molecule has 2 rings (SSSR count). The summed E-state index contributed by atoms with van der Waals surface area (Å²) in [6, 6.07) is 7.75. The molecule has 25 heavy (non-hydrogen) atoms. The van der Waals surface area contributed by atoms with Crippen molar-refractivity contribution >= 4 is 52.9 Å². The van der Waals surface area contributed by atoms with Crippen molar-refractivity contribution in [2.75, 3.05) is 25.0 Å². The van der Waals surface area contributed by atoms with E-state index in [1.54, 1.807) is 35.9 Å². The monoisotopic (exact) mass is 473 g/mol. The summed E-state index contributed by atoms with van der Waals surface area (Å²) in [5.74, 6) is 0.854. The normalized spacial score (nSPS) is 12.0. The number of aliphatic imine (C=N–C) groups is 1. The Morgan fingerprint density at radius 1 is 1.32 bits per heavy atom. The average Bonchev–Trinajstić information content (AvgIpc) is 3.12. The second-order valence-electron chi connectivity index (χ2n) is 5.28. The fraction of sp³-hybridized carbons (Fsp3) is 0.353. The summed E-state index contributed by atoms with van der Waals surface area (Å²) in [6.07, 6.45) is 3.27. The van der Waals surface area contributed by atoms with Gasteiger partial charge in [0.1, 0.15) is 6.54 Å². The van der Waals surface area contributed by atoms with E-state index < -0.39 is 0 Å². The first-order valence-electron chi connectivity index (χ1n) is 7.94. The van der Waals surface area contributed by atoms with Crippen molar-refractivity contribution in [2.45, 2.75) is 19.8 Å². The molecule has 0 saturated carbocycles. The number of carbonyl (C=O) groups is 1. The number of nitrogens with zero attached hydrogens (tertiary/aromatic N) is 2. The van der Waals surface area contributed by atoms with E-state index in [0.29, 0.717) is 17.6 Å². The summed E-state index contributed by atoms with van der Waals surface area (Å²) in [4.78, 5) is 21.6. The van der Waals surface area contributed by atoms with Crippen LogP contribution in [0.4, 0.5) is 5.69 Å². The second-order valence-corrected chi connectivity index (χ2v) is 6.26. The molecule has 0 saturated heterocycles. The molecule has 0 radical (unpaired) electrons. The van der Waals surface area contributed by atoms with Crippen LogP contribution in [0.15, 0.2) is 47.0 Å². The van der Waals surface area contributed by atoms with E-state index >= 15 is 0 Å². The number of carbonyl (C=O) groups excluding carboxylic acids is 1. The van der Waals surface area contributed by atoms with Crippen LogP contribution in [0, 0.1) is 0 Å². The first-order chi connectivity index (χ1) is 11.7. The predicted octanol–water partition coefficient (Wildman–Crippen LogP) is 3.06. The van der Waals surface area contributed by atoms with Gasteiger partial charge in [-0.05, 0) is 30.5 Å². The Morgan fingerprint density at radius 3 is 2.80 bits per heavy atom. The van der Waals surface area contributed by atoms with Gasteiger partial charge in [-0.25, -0.2) is 4.99 Å². The summed E-state index contributed by atoms with van der Waals surface area (Å²) in [5, 5.41) is 11.3. The first-order valence-corrected chi connectivity index (χ1v) is 8.82. The minimum atomic E-state index is -0.175. The van der Waals surface area contributed by atoms with Crippen LogP contribution in [0.1, 0.15) is 24.6 Å². The van der Waals surface area contributed by atoms with Gasteiger partial charge in [0, 0.05) is 30.1 Å². The third kappa shape index (κ3) is 7.82. The standard InChI is InChI=1S/C17H23N5OS.HI/c1-3-19-17(20-10-13(2)15-7-5-9-24-15)21-12-16(23)22-14-6-4-8-18-11-14;/h4-9,11,13H,3,10,12H2,1-2H3,(H,22,23)(H2,19,20,21);1H. The quantitative estimate of drug-likeness (QED) is 0.328. The van der Waals surface area contributed by atoms with E-state index in [9.17, 15) is 4.79 Å². The van der Waals surface area contributed by atoms with Crippen LogP contribution >= 0.6 is 35.3 Å². The van der Waals surface area contributed by atoms with Gasteiger partial charge in [0.2, 0.25) is 5.91 Å². The number of amides is 1. The summed E-state index contributed by atoms with van der Waals surface area (Å²) in [7, 11) is 0. The van der Waals surface area contributed by atoms with Crippen molar-refractivity contribution in [1.29, 1.82) is 0 Å². The Balaban J connectivity index is 0.00000312. The molecule has 1 atom stereocenters. The number of nitrogens with one attached hydrogen (secondary N) is 3. The average molecular weight is 473 g/mol. The third-order valence-corrected chi connectivity index (χ3v) is 4.38. The molecule has 2 aromatic rings. The number of guanidine groups is 1. The zero-order chi connectivity index (χ0) is 17.2. The lowest BCUT2D eigenvalue weighted by atomic mass is 10.1. The lowest BCUT2D eigenvalue weighted by Crippen LogP contribution is -2.39. The van der Waals surface area contributed by atoms with Crippen molar-refractivity contribution in [3.8, 4) is 0 Å². The zero-order valence-electron chi connectivity index (χ0n) is 14.4. The van der Waals surface area contributed by atoms with Crippen molar-refractivity contribution in [3.05, 3.63) is 46.9 Å². The highest BCUT2D eigenvalue weighted by atomic mass is 127. The smallest absolute Gasteiger partial charge is 0.246 e. The fourth-order valence-corrected chi connectivity index (χ4v) is 2.84. The Hall–Kier alpha value is -1.68. The number of rotatable bonds is 7. The molecule has 2 aromatic heterocycles. The number of hydrogen-bond acceptors (Lipinski definition) is 4. The summed E-state index contributed by atoms with van der Waals surface area (Å²) >= 11 is 1.75. The molecule has 3 N–H and O–H groups in total. The van der Waals surface area contributed by atoms with Crippen LogP contribution in [0.5, 0.6) is 0 Å². The maximum Gasteiger partial charge on any atom is 0.246 e. The van der Waals surface area contributed by atoms with Crippen molar-refractivity contribution in [2.24, 2.45) is 4.99 Å². The van der Waals surface area contributed by atoms with Gasteiger partial charge >= 0.3 is 0 Å². The Morgan fingerprint density at radius 2 is 2.16 bits per heavy atom. The topological polar surface area (TPSA) is 78.4 Å².